The van der Waals surface area contributed by atoms with Crippen LogP contribution >= 0.6 is 11.3 Å². The van der Waals surface area contributed by atoms with Crippen molar-refractivity contribution in [2.24, 2.45) is 5.92 Å². The zero-order valence-corrected chi connectivity index (χ0v) is 24.7. The van der Waals surface area contributed by atoms with E-state index in [1.165, 1.54) is 23.5 Å². The summed E-state index contributed by atoms with van der Waals surface area (Å²) in [7, 11) is 1.63. The van der Waals surface area contributed by atoms with Gasteiger partial charge in [0.25, 0.3) is 0 Å². The quantitative estimate of drug-likeness (QED) is 0.192. The van der Waals surface area contributed by atoms with Crippen LogP contribution in [-0.2, 0) is 16.1 Å². The van der Waals surface area contributed by atoms with Gasteiger partial charge < -0.3 is 25.0 Å². The Morgan fingerprint density at radius 1 is 1.14 bits per heavy atom. The Bertz CT molecular complexity index is 1560. The number of anilines is 1. The molecule has 3 heterocycles. The zero-order valence-electron chi connectivity index (χ0n) is 23.9. The second-order valence-electron chi connectivity index (χ2n) is 10.4. The Morgan fingerprint density at radius 2 is 1.98 bits per heavy atom. The summed E-state index contributed by atoms with van der Waals surface area (Å²) in [6, 6.07) is 11.7. The molecule has 9 nitrogen and oxygen atoms in total. The van der Waals surface area contributed by atoms with Crippen molar-refractivity contribution < 1.29 is 23.5 Å². The summed E-state index contributed by atoms with van der Waals surface area (Å²) in [5.74, 6) is -0.0415. The average Bonchev–Trinajstić information content (AvgIpc) is 3.69. The van der Waals surface area contributed by atoms with Crippen LogP contribution in [0, 0.1) is 11.7 Å². The van der Waals surface area contributed by atoms with Crippen molar-refractivity contribution in [3.63, 3.8) is 0 Å². The number of halogens is 1. The van der Waals surface area contributed by atoms with Crippen molar-refractivity contribution in [2.75, 3.05) is 25.6 Å². The summed E-state index contributed by atoms with van der Waals surface area (Å²) in [5, 5.41) is 5.45. The van der Waals surface area contributed by atoms with Crippen LogP contribution in [0.5, 0.6) is 11.5 Å². The smallest absolute Gasteiger partial charge is 0.319 e. The molecule has 1 unspecified atom stereocenters. The molecule has 220 valence electrons. The molecule has 5 rings (SSSR count). The number of carbonyl (C=O) groups is 2. The van der Waals surface area contributed by atoms with Crippen molar-refractivity contribution in [3.8, 4) is 22.1 Å². The number of nitrogens with one attached hydrogen (secondary N) is 2. The summed E-state index contributed by atoms with van der Waals surface area (Å²) in [4.78, 5) is 36.6. The number of fused-ring (bicyclic) bond motifs is 1. The molecule has 11 heteroatoms. The molecule has 4 aromatic rings. The van der Waals surface area contributed by atoms with E-state index in [9.17, 15) is 14.0 Å². The zero-order chi connectivity index (χ0) is 29.6. The lowest BCUT2D eigenvalue weighted by Crippen LogP contribution is -2.36. The Hall–Kier alpha value is -4.09. The number of ether oxygens (including phenoxy) is 2. The summed E-state index contributed by atoms with van der Waals surface area (Å²) < 4.78 is 26.8. The highest BCUT2D eigenvalue weighted by molar-refractivity contribution is 7.22. The molecule has 0 saturated heterocycles. The number of amides is 3. The van der Waals surface area contributed by atoms with Gasteiger partial charge in [-0.2, -0.15) is 0 Å². The summed E-state index contributed by atoms with van der Waals surface area (Å²) in [6.45, 7) is 5.38. The number of carbonyl (C=O) groups excluding carboxylic acids is 2. The largest absolute Gasteiger partial charge is 0.453 e. The van der Waals surface area contributed by atoms with Gasteiger partial charge in [0.05, 0.1) is 27.4 Å². The minimum absolute atomic E-state index is 0.0399. The highest BCUT2D eigenvalue weighted by Crippen LogP contribution is 2.39. The fourth-order valence-corrected chi connectivity index (χ4v) is 5.36. The highest BCUT2D eigenvalue weighted by Gasteiger charge is 2.23. The lowest BCUT2D eigenvalue weighted by atomic mass is 10.1. The van der Waals surface area contributed by atoms with E-state index >= 15 is 0 Å². The SMILES string of the molecule is CCC(C)C(=O)N(CCOC)Cc1ccc(-c2cc3nccc(Oc4ccc(NC(=O)NC5CC5)cc4F)c3s2)nc1. The number of aromatic nitrogens is 2. The van der Waals surface area contributed by atoms with Gasteiger partial charge in [0.2, 0.25) is 5.91 Å². The molecule has 1 fully saturated rings. The monoisotopic (exact) mass is 591 g/mol. The van der Waals surface area contributed by atoms with Crippen LogP contribution in [0.25, 0.3) is 20.8 Å². The number of hydrogen-bond donors (Lipinski definition) is 2. The number of thiophene rings is 1. The van der Waals surface area contributed by atoms with E-state index in [0.717, 1.165) is 40.1 Å². The normalized spacial score (nSPS) is 13.5. The van der Waals surface area contributed by atoms with Crippen molar-refractivity contribution in [1.29, 1.82) is 0 Å². The fourth-order valence-electron chi connectivity index (χ4n) is 4.32. The van der Waals surface area contributed by atoms with Crippen LogP contribution in [0.15, 0.2) is 54.9 Å². The molecular formula is C31H34FN5O4S. The first-order valence-corrected chi connectivity index (χ1v) is 14.8. The molecule has 1 aliphatic carbocycles. The molecule has 0 bridgehead atoms. The Kier molecular flexibility index (Phi) is 9.28. The molecule has 1 saturated carbocycles. The topological polar surface area (TPSA) is 106 Å². The minimum Gasteiger partial charge on any atom is -0.453 e. The molecule has 0 spiro atoms. The standard InChI is InChI=1S/C31H34FN5O4S/c1-4-19(2)30(38)37(13-14-40-3)18-20-5-9-24(34-17-20)28-16-25-29(42-28)27(11-12-33-25)41-26-10-8-22(15-23(26)32)36-31(39)35-21-6-7-21/h5,8-12,15-17,19,21H,4,6-7,13-14,18H2,1-3H3,(H2,35,36,39). The van der Waals surface area contributed by atoms with Gasteiger partial charge in [-0.1, -0.05) is 19.9 Å². The van der Waals surface area contributed by atoms with Crippen LogP contribution in [0.1, 0.15) is 38.7 Å². The number of methoxy groups -OCH3 is 1. The summed E-state index contributed by atoms with van der Waals surface area (Å²) in [6.07, 6.45) is 6.11. The van der Waals surface area contributed by atoms with Crippen LogP contribution in [0.3, 0.4) is 0 Å². The van der Waals surface area contributed by atoms with Crippen molar-refractivity contribution in [1.82, 2.24) is 20.2 Å². The molecule has 2 N–H and O–H groups in total. The van der Waals surface area contributed by atoms with Crippen LogP contribution in [0.4, 0.5) is 14.9 Å². The van der Waals surface area contributed by atoms with Gasteiger partial charge in [0, 0.05) is 62.4 Å². The lowest BCUT2D eigenvalue weighted by Gasteiger charge is -2.25. The van der Waals surface area contributed by atoms with E-state index in [1.807, 2.05) is 36.9 Å². The molecule has 1 aliphatic rings. The van der Waals surface area contributed by atoms with E-state index in [-0.39, 0.29) is 29.6 Å². The number of urea groups is 1. The second-order valence-corrected chi connectivity index (χ2v) is 11.4. The van der Waals surface area contributed by atoms with Crippen LogP contribution in [0.2, 0.25) is 0 Å². The van der Waals surface area contributed by atoms with E-state index < -0.39 is 5.82 Å². The van der Waals surface area contributed by atoms with Crippen molar-refractivity contribution >= 4 is 39.2 Å². The van der Waals surface area contributed by atoms with E-state index in [1.54, 1.807) is 31.6 Å². The van der Waals surface area contributed by atoms with Gasteiger partial charge in [0.15, 0.2) is 11.6 Å². The van der Waals surface area contributed by atoms with Crippen LogP contribution < -0.4 is 15.4 Å². The molecule has 0 aliphatic heterocycles. The lowest BCUT2D eigenvalue weighted by molar-refractivity contribution is -0.136. The fraction of sp³-hybridized carbons (Fsp3) is 0.355. The third kappa shape index (κ3) is 7.21. The number of hydrogen-bond acceptors (Lipinski definition) is 7. The Morgan fingerprint density at radius 3 is 2.67 bits per heavy atom. The number of pyridine rings is 2. The predicted molar refractivity (Wildman–Crippen MR) is 161 cm³/mol. The maximum atomic E-state index is 14.9. The maximum absolute atomic E-state index is 14.9. The summed E-state index contributed by atoms with van der Waals surface area (Å²) in [5.41, 5.74) is 2.74. The van der Waals surface area contributed by atoms with Crippen molar-refractivity contribution in [3.05, 3.63) is 66.2 Å². The molecule has 42 heavy (non-hydrogen) atoms. The molecule has 3 amide bonds. The Balaban J connectivity index is 1.29. The van der Waals surface area contributed by atoms with Gasteiger partial charge in [0.1, 0.15) is 5.75 Å². The molecular weight excluding hydrogens is 557 g/mol. The third-order valence-electron chi connectivity index (χ3n) is 7.06. The third-order valence-corrected chi connectivity index (χ3v) is 8.22. The predicted octanol–water partition coefficient (Wildman–Crippen LogP) is 6.59. The van der Waals surface area contributed by atoms with Crippen molar-refractivity contribution in [2.45, 2.75) is 45.7 Å². The average molecular weight is 592 g/mol. The summed E-state index contributed by atoms with van der Waals surface area (Å²) >= 11 is 1.45. The Labute approximate surface area is 248 Å². The van der Waals surface area contributed by atoms with Gasteiger partial charge in [-0.15, -0.1) is 11.3 Å². The van der Waals surface area contributed by atoms with Crippen LogP contribution in [-0.4, -0.2) is 53.1 Å². The maximum Gasteiger partial charge on any atom is 0.319 e. The van der Waals surface area contributed by atoms with Gasteiger partial charge >= 0.3 is 6.03 Å². The molecule has 1 atom stereocenters. The van der Waals surface area contributed by atoms with E-state index in [2.05, 4.69) is 20.6 Å². The first kappa shape index (κ1) is 29.4. The number of benzene rings is 1. The second kappa shape index (κ2) is 13.3. The van der Waals surface area contributed by atoms with E-state index in [0.29, 0.717) is 36.6 Å². The highest BCUT2D eigenvalue weighted by atomic mass is 32.1. The van der Waals surface area contributed by atoms with Gasteiger partial charge in [-0.25, -0.2) is 9.18 Å². The van der Waals surface area contributed by atoms with E-state index in [4.69, 9.17) is 9.47 Å². The molecule has 1 aromatic carbocycles. The first-order valence-electron chi connectivity index (χ1n) is 14.0. The minimum atomic E-state index is -0.593. The molecule has 0 radical (unpaired) electrons. The molecule has 3 aromatic heterocycles. The van der Waals surface area contributed by atoms with Gasteiger partial charge in [-0.05, 0) is 49.1 Å². The van der Waals surface area contributed by atoms with Gasteiger partial charge in [-0.3, -0.25) is 14.8 Å². The number of rotatable bonds is 12. The first-order chi connectivity index (χ1) is 20.3. The number of nitrogens with zero attached hydrogens (tertiary/aromatic N) is 3.